The Balaban J connectivity index is 1.89. The largest absolute Gasteiger partial charge is 0.295 e. The number of aldehydes is 1. The van der Waals surface area contributed by atoms with Crippen LogP contribution in [0.15, 0.2) is 71.6 Å². The SMILES string of the molecule is CC(C)(C)NS(=O)(=O)c1ccc(-c2sc(C=O)nc2Cc2ccccc2)c2ccccc12. The molecule has 0 aliphatic rings. The van der Waals surface area contributed by atoms with E-state index in [1.165, 1.54) is 11.3 Å². The normalized spacial score (nSPS) is 12.2. The van der Waals surface area contributed by atoms with Gasteiger partial charge in [-0.05, 0) is 37.8 Å². The van der Waals surface area contributed by atoms with E-state index in [1.54, 1.807) is 6.07 Å². The van der Waals surface area contributed by atoms with Gasteiger partial charge < -0.3 is 0 Å². The molecule has 0 spiro atoms. The van der Waals surface area contributed by atoms with Crippen molar-refractivity contribution in [3.05, 3.63) is 83.0 Å². The highest BCUT2D eigenvalue weighted by molar-refractivity contribution is 7.89. The first-order valence-electron chi connectivity index (χ1n) is 10.2. The molecule has 1 aromatic heterocycles. The molecule has 0 saturated heterocycles. The monoisotopic (exact) mass is 464 g/mol. The molecule has 0 aliphatic heterocycles. The molecule has 5 nitrogen and oxygen atoms in total. The quantitative estimate of drug-likeness (QED) is 0.385. The minimum atomic E-state index is -3.72. The summed E-state index contributed by atoms with van der Waals surface area (Å²) < 4.78 is 28.9. The molecule has 0 saturated carbocycles. The van der Waals surface area contributed by atoms with E-state index >= 15 is 0 Å². The summed E-state index contributed by atoms with van der Waals surface area (Å²) in [6.45, 7) is 5.44. The summed E-state index contributed by atoms with van der Waals surface area (Å²) in [7, 11) is -3.72. The van der Waals surface area contributed by atoms with Gasteiger partial charge in [0.05, 0.1) is 15.5 Å². The lowest BCUT2D eigenvalue weighted by molar-refractivity contribution is 0.112. The smallest absolute Gasteiger partial charge is 0.241 e. The van der Waals surface area contributed by atoms with Crippen LogP contribution in [0.5, 0.6) is 0 Å². The zero-order valence-corrected chi connectivity index (χ0v) is 19.8. The first-order valence-corrected chi connectivity index (χ1v) is 12.5. The summed E-state index contributed by atoms with van der Waals surface area (Å²) in [5.41, 5.74) is 2.16. The van der Waals surface area contributed by atoms with E-state index in [9.17, 15) is 13.2 Å². The third-order valence-electron chi connectivity index (χ3n) is 4.89. The second kappa shape index (κ2) is 8.58. The van der Waals surface area contributed by atoms with Crippen LogP contribution in [0.1, 0.15) is 41.8 Å². The van der Waals surface area contributed by atoms with Crippen LogP contribution >= 0.6 is 11.3 Å². The first kappa shape index (κ1) is 22.3. The van der Waals surface area contributed by atoms with Gasteiger partial charge in [-0.25, -0.2) is 18.1 Å². The van der Waals surface area contributed by atoms with Crippen LogP contribution in [0, 0.1) is 0 Å². The molecule has 0 amide bonds. The van der Waals surface area contributed by atoms with E-state index < -0.39 is 15.6 Å². The Morgan fingerprint density at radius 1 is 0.938 bits per heavy atom. The van der Waals surface area contributed by atoms with Crippen molar-refractivity contribution in [2.45, 2.75) is 37.6 Å². The number of carbonyl (C=O) groups is 1. The molecule has 32 heavy (non-hydrogen) atoms. The number of hydrogen-bond acceptors (Lipinski definition) is 5. The number of carbonyl (C=O) groups excluding carboxylic acids is 1. The van der Waals surface area contributed by atoms with Crippen LogP contribution in [0.4, 0.5) is 0 Å². The van der Waals surface area contributed by atoms with Crippen LogP contribution in [0.25, 0.3) is 21.2 Å². The standard InChI is InChI=1S/C25H24N2O3S2/c1-25(2,3)27-32(29,30)22-14-13-20(18-11-7-8-12-19(18)22)24-21(26-23(16-28)31-24)15-17-9-5-4-6-10-17/h4-14,16,27H,15H2,1-3H3. The Morgan fingerprint density at radius 3 is 2.25 bits per heavy atom. The maximum Gasteiger partial charge on any atom is 0.241 e. The van der Waals surface area contributed by atoms with Gasteiger partial charge in [0.25, 0.3) is 0 Å². The number of nitrogens with zero attached hydrogens (tertiary/aromatic N) is 1. The highest BCUT2D eigenvalue weighted by atomic mass is 32.2. The minimum absolute atomic E-state index is 0.233. The summed E-state index contributed by atoms with van der Waals surface area (Å²) in [6.07, 6.45) is 1.34. The topological polar surface area (TPSA) is 76.1 Å². The second-order valence-corrected chi connectivity index (χ2v) is 11.3. The van der Waals surface area contributed by atoms with Crippen molar-refractivity contribution in [1.29, 1.82) is 0 Å². The highest BCUT2D eigenvalue weighted by Gasteiger charge is 2.25. The number of aromatic nitrogens is 1. The van der Waals surface area contributed by atoms with Crippen LogP contribution in [0.3, 0.4) is 0 Å². The molecule has 7 heteroatoms. The van der Waals surface area contributed by atoms with Crippen molar-refractivity contribution in [2.24, 2.45) is 0 Å². The summed E-state index contributed by atoms with van der Waals surface area (Å²) in [4.78, 5) is 17.2. The summed E-state index contributed by atoms with van der Waals surface area (Å²) in [6, 6.07) is 20.8. The highest BCUT2D eigenvalue weighted by Crippen LogP contribution is 2.38. The van der Waals surface area contributed by atoms with Gasteiger partial charge in [-0.3, -0.25) is 4.79 Å². The van der Waals surface area contributed by atoms with Gasteiger partial charge >= 0.3 is 0 Å². The average molecular weight is 465 g/mol. The van der Waals surface area contributed by atoms with E-state index in [2.05, 4.69) is 9.71 Å². The molecule has 0 radical (unpaired) electrons. The van der Waals surface area contributed by atoms with Crippen molar-refractivity contribution in [2.75, 3.05) is 0 Å². The van der Waals surface area contributed by atoms with Gasteiger partial charge in [-0.1, -0.05) is 60.7 Å². The Morgan fingerprint density at radius 2 is 1.59 bits per heavy atom. The molecular weight excluding hydrogens is 440 g/mol. The van der Waals surface area contributed by atoms with Crippen LogP contribution in [-0.4, -0.2) is 25.2 Å². The number of thiazole rings is 1. The van der Waals surface area contributed by atoms with E-state index in [0.29, 0.717) is 16.8 Å². The van der Waals surface area contributed by atoms with Gasteiger partial charge in [0.15, 0.2) is 11.3 Å². The Labute approximate surface area is 192 Å². The maximum atomic E-state index is 13.1. The van der Waals surface area contributed by atoms with Gasteiger partial charge in [0.2, 0.25) is 10.0 Å². The van der Waals surface area contributed by atoms with Crippen LogP contribution in [0.2, 0.25) is 0 Å². The zero-order chi connectivity index (χ0) is 22.9. The molecule has 164 valence electrons. The molecule has 3 aromatic carbocycles. The molecule has 0 fully saturated rings. The minimum Gasteiger partial charge on any atom is -0.295 e. The third kappa shape index (κ3) is 4.65. The van der Waals surface area contributed by atoms with Crippen molar-refractivity contribution in [3.8, 4) is 10.4 Å². The van der Waals surface area contributed by atoms with Gasteiger partial charge in [0.1, 0.15) is 0 Å². The van der Waals surface area contributed by atoms with E-state index in [1.807, 2.05) is 81.4 Å². The molecule has 0 unspecified atom stereocenters. The molecule has 0 aliphatic carbocycles. The molecular formula is C25H24N2O3S2. The predicted molar refractivity (Wildman–Crippen MR) is 130 cm³/mol. The third-order valence-corrected chi connectivity index (χ3v) is 7.76. The lowest BCUT2D eigenvalue weighted by atomic mass is 10.0. The summed E-state index contributed by atoms with van der Waals surface area (Å²) in [5.74, 6) is 0. The molecule has 1 N–H and O–H groups in total. The fourth-order valence-corrected chi connectivity index (χ4v) is 6.27. The second-order valence-electron chi connectivity index (χ2n) is 8.62. The summed E-state index contributed by atoms with van der Waals surface area (Å²) >= 11 is 1.33. The van der Waals surface area contributed by atoms with Crippen LogP contribution in [-0.2, 0) is 16.4 Å². The fraction of sp³-hybridized carbons (Fsp3) is 0.200. The average Bonchev–Trinajstić information content (AvgIpc) is 3.14. The molecule has 4 rings (SSSR count). The van der Waals surface area contributed by atoms with Crippen molar-refractivity contribution in [1.82, 2.24) is 9.71 Å². The lowest BCUT2D eigenvalue weighted by Crippen LogP contribution is -2.40. The Bertz CT molecular complexity index is 1390. The summed E-state index contributed by atoms with van der Waals surface area (Å²) in [5, 5.41) is 1.84. The first-order chi connectivity index (χ1) is 15.2. The lowest BCUT2D eigenvalue weighted by Gasteiger charge is -2.21. The van der Waals surface area contributed by atoms with Crippen molar-refractivity contribution in [3.63, 3.8) is 0 Å². The van der Waals surface area contributed by atoms with Gasteiger partial charge in [-0.2, -0.15) is 0 Å². The maximum absolute atomic E-state index is 13.1. The number of benzene rings is 3. The zero-order valence-electron chi connectivity index (χ0n) is 18.1. The number of sulfonamides is 1. The number of rotatable bonds is 6. The van der Waals surface area contributed by atoms with Crippen molar-refractivity contribution >= 4 is 38.4 Å². The van der Waals surface area contributed by atoms with E-state index in [-0.39, 0.29) is 4.90 Å². The number of nitrogens with one attached hydrogen (secondary N) is 1. The molecule has 0 bridgehead atoms. The Hall–Kier alpha value is -2.87. The van der Waals surface area contributed by atoms with E-state index in [4.69, 9.17) is 0 Å². The van der Waals surface area contributed by atoms with Gasteiger partial charge in [-0.15, -0.1) is 11.3 Å². The number of hydrogen-bond donors (Lipinski definition) is 1. The fourth-order valence-electron chi connectivity index (χ4n) is 3.70. The van der Waals surface area contributed by atoms with Crippen LogP contribution < -0.4 is 4.72 Å². The molecule has 4 aromatic rings. The molecule has 1 heterocycles. The van der Waals surface area contributed by atoms with E-state index in [0.717, 1.165) is 33.4 Å². The predicted octanol–water partition coefficient (Wildman–Crippen LogP) is 5.44. The number of fused-ring (bicyclic) bond motifs is 1. The molecule has 0 atom stereocenters. The van der Waals surface area contributed by atoms with Crippen molar-refractivity contribution < 1.29 is 13.2 Å². The van der Waals surface area contributed by atoms with Gasteiger partial charge in [0, 0.05) is 22.9 Å². The Kier molecular flexibility index (Phi) is 5.99.